The Balaban J connectivity index is 1.86. The molecule has 2 rings (SSSR count). The molecule has 0 radical (unpaired) electrons. The summed E-state index contributed by atoms with van der Waals surface area (Å²) in [6.45, 7) is 4.60. The third-order valence-electron chi connectivity index (χ3n) is 3.61. The molecule has 0 fully saturated rings. The van der Waals surface area contributed by atoms with Gasteiger partial charge in [-0.05, 0) is 50.2 Å². The molecule has 2 aromatic rings. The summed E-state index contributed by atoms with van der Waals surface area (Å²) in [6, 6.07) is 18.8. The molecule has 0 heterocycles. The molecule has 0 aromatic heterocycles. The predicted molar refractivity (Wildman–Crippen MR) is 95.5 cm³/mol. The van der Waals surface area contributed by atoms with Gasteiger partial charge in [0.1, 0.15) is 17.2 Å². The topological polar surface area (TPSA) is 62.6 Å². The van der Waals surface area contributed by atoms with E-state index in [1.165, 1.54) is 0 Å². The third kappa shape index (κ3) is 5.85. The number of ether oxygens (including phenoxy) is 2. The molecular formula is C20H22N2O3. The Bertz CT molecular complexity index is 708. The Kier molecular flexibility index (Phi) is 6.85. The highest BCUT2D eigenvalue weighted by Gasteiger charge is 2.15. The molecule has 1 unspecified atom stereocenters. The Morgan fingerprint density at radius 2 is 1.68 bits per heavy atom. The molecule has 2 aromatic carbocycles. The van der Waals surface area contributed by atoms with Gasteiger partial charge in [-0.15, -0.1) is 0 Å². The van der Waals surface area contributed by atoms with Crippen LogP contribution in [0.5, 0.6) is 17.2 Å². The Hall–Kier alpha value is -3.00. The summed E-state index contributed by atoms with van der Waals surface area (Å²) in [7, 11) is 0. The first-order chi connectivity index (χ1) is 12.1. The number of carbonyl (C=O) groups is 1. The first kappa shape index (κ1) is 18.3. The fourth-order valence-corrected chi connectivity index (χ4v) is 2.24. The maximum absolute atomic E-state index is 12.2. The average Bonchev–Trinajstić information content (AvgIpc) is 2.65. The lowest BCUT2D eigenvalue weighted by molar-refractivity contribution is -0.133. The highest BCUT2D eigenvalue weighted by molar-refractivity contribution is 5.77. The number of hydrogen-bond acceptors (Lipinski definition) is 4. The number of nitriles is 1. The minimum absolute atomic E-state index is 0.0507. The zero-order valence-corrected chi connectivity index (χ0v) is 14.5. The first-order valence-electron chi connectivity index (χ1n) is 8.25. The van der Waals surface area contributed by atoms with Gasteiger partial charge in [-0.25, -0.2) is 0 Å². The van der Waals surface area contributed by atoms with E-state index >= 15 is 0 Å². The quantitative estimate of drug-likeness (QED) is 0.733. The van der Waals surface area contributed by atoms with Crippen LogP contribution in [-0.2, 0) is 4.79 Å². The lowest BCUT2D eigenvalue weighted by atomic mass is 10.2. The van der Waals surface area contributed by atoms with Gasteiger partial charge in [-0.3, -0.25) is 4.79 Å². The Morgan fingerprint density at radius 3 is 2.28 bits per heavy atom. The van der Waals surface area contributed by atoms with E-state index in [0.717, 1.165) is 5.75 Å². The van der Waals surface area contributed by atoms with E-state index in [9.17, 15) is 4.79 Å². The van der Waals surface area contributed by atoms with Crippen LogP contribution < -0.4 is 9.47 Å². The molecule has 0 aliphatic carbocycles. The molecule has 1 amide bonds. The molecule has 0 saturated heterocycles. The molecule has 1 atom stereocenters. The van der Waals surface area contributed by atoms with Crippen molar-refractivity contribution < 1.29 is 14.3 Å². The molecule has 5 heteroatoms. The van der Waals surface area contributed by atoms with E-state index in [1.807, 2.05) is 37.3 Å². The number of rotatable bonds is 8. The fraction of sp³-hybridized carbons (Fsp3) is 0.300. The second kappa shape index (κ2) is 9.33. The van der Waals surface area contributed by atoms with Gasteiger partial charge in [0.25, 0.3) is 5.91 Å². The lowest BCUT2D eigenvalue weighted by Crippen LogP contribution is -2.37. The van der Waals surface area contributed by atoms with E-state index in [1.54, 1.807) is 36.1 Å². The second-order valence-corrected chi connectivity index (χ2v) is 5.64. The first-order valence-corrected chi connectivity index (χ1v) is 8.25. The van der Waals surface area contributed by atoms with E-state index in [2.05, 4.69) is 6.07 Å². The summed E-state index contributed by atoms with van der Waals surface area (Å²) in [5.74, 6) is 1.73. The van der Waals surface area contributed by atoms with E-state index in [0.29, 0.717) is 24.6 Å². The van der Waals surface area contributed by atoms with Gasteiger partial charge in [0.2, 0.25) is 0 Å². The Labute approximate surface area is 148 Å². The summed E-state index contributed by atoms with van der Waals surface area (Å²) < 4.78 is 11.3. The van der Waals surface area contributed by atoms with Crippen LogP contribution in [0.2, 0.25) is 0 Å². The zero-order valence-electron chi connectivity index (χ0n) is 14.5. The summed E-state index contributed by atoms with van der Waals surface area (Å²) in [6.07, 6.45) is 0. The van der Waals surface area contributed by atoms with E-state index in [4.69, 9.17) is 14.7 Å². The van der Waals surface area contributed by atoms with Crippen LogP contribution in [-0.4, -0.2) is 30.5 Å². The molecule has 0 bridgehead atoms. The Morgan fingerprint density at radius 1 is 1.08 bits per heavy atom. The normalized spacial score (nSPS) is 11.2. The van der Waals surface area contributed by atoms with Gasteiger partial charge < -0.3 is 14.4 Å². The van der Waals surface area contributed by atoms with Gasteiger partial charge in [0, 0.05) is 13.1 Å². The molecule has 0 spiro atoms. The van der Waals surface area contributed by atoms with Crippen LogP contribution in [0.25, 0.3) is 0 Å². The van der Waals surface area contributed by atoms with Crippen molar-refractivity contribution in [1.29, 1.82) is 5.26 Å². The number of para-hydroxylation sites is 1. The third-order valence-corrected chi connectivity index (χ3v) is 3.61. The molecule has 0 aliphatic heterocycles. The maximum atomic E-state index is 12.2. The monoisotopic (exact) mass is 338 g/mol. The van der Waals surface area contributed by atoms with Crippen LogP contribution in [0.1, 0.15) is 13.8 Å². The van der Waals surface area contributed by atoms with Crippen molar-refractivity contribution in [3.05, 3.63) is 54.6 Å². The summed E-state index contributed by atoms with van der Waals surface area (Å²) in [4.78, 5) is 13.8. The summed E-state index contributed by atoms with van der Waals surface area (Å²) >= 11 is 0. The molecule has 0 aliphatic rings. The van der Waals surface area contributed by atoms with E-state index < -0.39 is 0 Å². The minimum atomic E-state index is -0.196. The van der Waals surface area contributed by atoms with Crippen LogP contribution in [0, 0.1) is 17.2 Å². The van der Waals surface area contributed by atoms with Crippen molar-refractivity contribution in [2.75, 3.05) is 19.7 Å². The zero-order chi connectivity index (χ0) is 18.1. The SMILES string of the molecule is CCN(CC(C)C#N)C(=O)COc1ccc(Oc2ccccc2)cc1. The maximum Gasteiger partial charge on any atom is 0.260 e. The number of likely N-dealkylation sites (N-methyl/N-ethyl adjacent to an activating group) is 1. The van der Waals surface area contributed by atoms with E-state index in [-0.39, 0.29) is 18.4 Å². The van der Waals surface area contributed by atoms with Crippen molar-refractivity contribution in [3.8, 4) is 23.3 Å². The summed E-state index contributed by atoms with van der Waals surface area (Å²) in [5.41, 5.74) is 0. The van der Waals surface area contributed by atoms with Crippen LogP contribution >= 0.6 is 0 Å². The molecule has 130 valence electrons. The predicted octanol–water partition coefficient (Wildman–Crippen LogP) is 3.87. The van der Waals surface area contributed by atoms with Crippen molar-refractivity contribution in [2.24, 2.45) is 5.92 Å². The molecule has 5 nitrogen and oxygen atoms in total. The van der Waals surface area contributed by atoms with Crippen molar-refractivity contribution in [1.82, 2.24) is 4.90 Å². The van der Waals surface area contributed by atoms with Gasteiger partial charge in [-0.1, -0.05) is 18.2 Å². The lowest BCUT2D eigenvalue weighted by Gasteiger charge is -2.22. The highest BCUT2D eigenvalue weighted by Crippen LogP contribution is 2.23. The molecule has 0 saturated carbocycles. The highest BCUT2D eigenvalue weighted by atomic mass is 16.5. The van der Waals surface area contributed by atoms with Gasteiger partial charge in [0.15, 0.2) is 6.61 Å². The molecular weight excluding hydrogens is 316 g/mol. The van der Waals surface area contributed by atoms with Crippen molar-refractivity contribution in [2.45, 2.75) is 13.8 Å². The smallest absolute Gasteiger partial charge is 0.260 e. The van der Waals surface area contributed by atoms with Gasteiger partial charge in [-0.2, -0.15) is 5.26 Å². The largest absolute Gasteiger partial charge is 0.484 e. The molecule has 25 heavy (non-hydrogen) atoms. The van der Waals surface area contributed by atoms with Crippen LogP contribution in [0.15, 0.2) is 54.6 Å². The fourth-order valence-electron chi connectivity index (χ4n) is 2.24. The van der Waals surface area contributed by atoms with Crippen molar-refractivity contribution >= 4 is 5.91 Å². The number of hydrogen-bond donors (Lipinski definition) is 0. The van der Waals surface area contributed by atoms with Crippen LogP contribution in [0.3, 0.4) is 0 Å². The van der Waals surface area contributed by atoms with Crippen molar-refractivity contribution in [3.63, 3.8) is 0 Å². The standard InChI is InChI=1S/C20H22N2O3/c1-3-22(14-16(2)13-21)20(23)15-24-17-9-11-19(12-10-17)25-18-7-5-4-6-8-18/h4-12,16H,3,14-15H2,1-2H3. The number of carbonyl (C=O) groups excluding carboxylic acids is 1. The van der Waals surface area contributed by atoms with Gasteiger partial charge >= 0.3 is 0 Å². The number of benzene rings is 2. The number of amides is 1. The molecule has 0 N–H and O–H groups in total. The average molecular weight is 338 g/mol. The number of nitrogens with zero attached hydrogens (tertiary/aromatic N) is 2. The second-order valence-electron chi connectivity index (χ2n) is 5.64. The van der Waals surface area contributed by atoms with Gasteiger partial charge in [0.05, 0.1) is 12.0 Å². The minimum Gasteiger partial charge on any atom is -0.484 e. The van der Waals surface area contributed by atoms with Crippen LogP contribution in [0.4, 0.5) is 0 Å². The summed E-state index contributed by atoms with van der Waals surface area (Å²) in [5, 5.41) is 8.87.